The van der Waals surface area contributed by atoms with Gasteiger partial charge in [0.1, 0.15) is 11.6 Å². The number of nitrogen functional groups attached to an aromatic ring is 1. The van der Waals surface area contributed by atoms with Crippen LogP contribution in [0.2, 0.25) is 0 Å². The van der Waals surface area contributed by atoms with Gasteiger partial charge in [-0.25, -0.2) is 4.98 Å². The van der Waals surface area contributed by atoms with E-state index in [-0.39, 0.29) is 11.9 Å². The van der Waals surface area contributed by atoms with Crippen molar-refractivity contribution in [2.75, 3.05) is 16.4 Å². The number of nitrogens with two attached hydrogens (primary N) is 1. The van der Waals surface area contributed by atoms with E-state index in [0.717, 1.165) is 33.9 Å². The Hall–Kier alpha value is -3.72. The van der Waals surface area contributed by atoms with E-state index in [0.29, 0.717) is 29.2 Å². The van der Waals surface area contributed by atoms with Crippen molar-refractivity contribution in [1.29, 1.82) is 0 Å². The summed E-state index contributed by atoms with van der Waals surface area (Å²) in [5.74, 6) is 2.77. The van der Waals surface area contributed by atoms with Crippen molar-refractivity contribution < 1.29 is 4.79 Å². The van der Waals surface area contributed by atoms with Crippen LogP contribution in [0.3, 0.4) is 0 Å². The molecule has 0 saturated heterocycles. The zero-order valence-corrected chi connectivity index (χ0v) is 19.3. The Bertz CT molecular complexity index is 1350. The molecule has 2 aromatic heterocycles. The minimum atomic E-state index is -0.000207. The van der Waals surface area contributed by atoms with Gasteiger partial charge in [0.05, 0.1) is 15.7 Å². The van der Waals surface area contributed by atoms with Crippen LogP contribution in [0.1, 0.15) is 36.0 Å². The van der Waals surface area contributed by atoms with Gasteiger partial charge < -0.3 is 21.7 Å². The number of nitrogens with one attached hydrogen (secondary N) is 3. The fraction of sp³-hybridized carbons (Fsp3) is 0.280. The Morgan fingerprint density at radius 1 is 0.941 bits per heavy atom. The molecule has 1 amide bonds. The third kappa shape index (κ3) is 4.26. The van der Waals surface area contributed by atoms with Gasteiger partial charge in [0.15, 0.2) is 0 Å². The maximum atomic E-state index is 12.7. The van der Waals surface area contributed by atoms with Gasteiger partial charge in [0.25, 0.3) is 5.91 Å². The molecule has 2 aliphatic carbocycles. The molecule has 3 atom stereocenters. The Morgan fingerprint density at radius 2 is 1.71 bits per heavy atom. The average molecular weight is 472 g/mol. The maximum absolute atomic E-state index is 12.7. The Kier molecular flexibility index (Phi) is 5.26. The van der Waals surface area contributed by atoms with E-state index < -0.39 is 0 Å². The van der Waals surface area contributed by atoms with Crippen LogP contribution in [0.4, 0.5) is 29.0 Å². The summed E-state index contributed by atoms with van der Waals surface area (Å²) >= 11 is 1.59. The highest BCUT2D eigenvalue weighted by Crippen LogP contribution is 2.44. The molecule has 8 nitrogen and oxygen atoms in total. The van der Waals surface area contributed by atoms with Crippen molar-refractivity contribution in [3.8, 4) is 0 Å². The number of carbonyl (C=O) groups excluding carboxylic acids is 1. The molecule has 2 aromatic carbocycles. The number of nitrogens with zero attached hydrogens (tertiary/aromatic N) is 3. The van der Waals surface area contributed by atoms with Gasteiger partial charge in [0, 0.05) is 29.0 Å². The van der Waals surface area contributed by atoms with Gasteiger partial charge in [0.2, 0.25) is 5.95 Å². The van der Waals surface area contributed by atoms with Crippen LogP contribution in [0.15, 0.2) is 54.0 Å². The molecule has 2 aliphatic rings. The van der Waals surface area contributed by atoms with Crippen molar-refractivity contribution in [3.05, 3.63) is 59.6 Å². The number of carbonyl (C=O) groups is 1. The molecular weight excluding hydrogens is 446 g/mol. The minimum Gasteiger partial charge on any atom is -0.368 e. The zero-order valence-electron chi connectivity index (χ0n) is 18.5. The highest BCUT2D eigenvalue weighted by molar-refractivity contribution is 7.16. The van der Waals surface area contributed by atoms with Gasteiger partial charge >= 0.3 is 0 Å². The summed E-state index contributed by atoms with van der Waals surface area (Å²) in [6.07, 6.45) is 4.97. The fourth-order valence-electron chi connectivity index (χ4n) is 5.20. The second kappa shape index (κ2) is 8.57. The number of rotatable bonds is 6. The molecular formula is C25H25N7OS. The van der Waals surface area contributed by atoms with Crippen LogP contribution >= 0.6 is 11.3 Å². The van der Waals surface area contributed by atoms with Crippen molar-refractivity contribution in [1.82, 2.24) is 20.3 Å². The van der Waals surface area contributed by atoms with E-state index in [1.165, 1.54) is 19.3 Å². The lowest BCUT2D eigenvalue weighted by Crippen LogP contribution is -2.38. The summed E-state index contributed by atoms with van der Waals surface area (Å²) in [5.41, 5.74) is 11.1. The highest BCUT2D eigenvalue weighted by Gasteiger charge is 2.40. The molecule has 9 heteroatoms. The van der Waals surface area contributed by atoms with Crippen molar-refractivity contribution in [3.63, 3.8) is 0 Å². The third-order valence-corrected chi connectivity index (χ3v) is 7.61. The Labute approximate surface area is 201 Å². The smallest absolute Gasteiger partial charge is 0.251 e. The number of aromatic nitrogens is 3. The Balaban J connectivity index is 1.12. The lowest BCUT2D eigenvalue weighted by atomic mass is 9.95. The zero-order chi connectivity index (χ0) is 23.1. The van der Waals surface area contributed by atoms with Crippen LogP contribution in [-0.4, -0.2) is 26.9 Å². The monoisotopic (exact) mass is 471 g/mol. The first kappa shape index (κ1) is 20.9. The summed E-state index contributed by atoms with van der Waals surface area (Å²) in [4.78, 5) is 25.6. The third-order valence-electron chi connectivity index (χ3n) is 6.82. The van der Waals surface area contributed by atoms with Gasteiger partial charge in [-0.2, -0.15) is 9.97 Å². The molecule has 0 aliphatic heterocycles. The molecule has 34 heavy (non-hydrogen) atoms. The summed E-state index contributed by atoms with van der Waals surface area (Å²) in [6.45, 7) is 0. The number of hydrogen-bond acceptors (Lipinski definition) is 8. The predicted molar refractivity (Wildman–Crippen MR) is 136 cm³/mol. The van der Waals surface area contributed by atoms with Crippen LogP contribution < -0.4 is 21.7 Å². The molecule has 2 saturated carbocycles. The van der Waals surface area contributed by atoms with Gasteiger partial charge in [-0.05, 0) is 73.6 Å². The lowest BCUT2D eigenvalue weighted by Gasteiger charge is -2.22. The van der Waals surface area contributed by atoms with E-state index in [2.05, 4.69) is 30.9 Å². The largest absolute Gasteiger partial charge is 0.368 e. The van der Waals surface area contributed by atoms with Crippen LogP contribution in [-0.2, 0) is 0 Å². The van der Waals surface area contributed by atoms with E-state index in [9.17, 15) is 4.79 Å². The number of fused-ring (bicyclic) bond motifs is 3. The van der Waals surface area contributed by atoms with E-state index in [1.807, 2.05) is 48.0 Å². The van der Waals surface area contributed by atoms with Gasteiger partial charge in [-0.3, -0.25) is 4.79 Å². The first-order chi connectivity index (χ1) is 16.6. The van der Waals surface area contributed by atoms with E-state index in [4.69, 9.17) is 5.73 Å². The first-order valence-corrected chi connectivity index (χ1v) is 12.4. The van der Waals surface area contributed by atoms with Crippen molar-refractivity contribution in [2.45, 2.75) is 31.7 Å². The first-order valence-electron chi connectivity index (χ1n) is 11.5. The molecule has 2 bridgehead atoms. The minimum absolute atomic E-state index is 0.000207. The SMILES string of the molecule is Nc1nc(Nc2ccc(C(=O)N[C@H]3C[C@H]4CC[C@@H]3C4)cc2)cc(Nc2ccc3ncsc3c2)n1. The summed E-state index contributed by atoms with van der Waals surface area (Å²) < 4.78 is 1.09. The predicted octanol–water partition coefficient (Wildman–Crippen LogP) is 5.07. The van der Waals surface area contributed by atoms with Crippen LogP contribution in [0.5, 0.6) is 0 Å². The lowest BCUT2D eigenvalue weighted by molar-refractivity contribution is 0.0923. The summed E-state index contributed by atoms with van der Waals surface area (Å²) in [6, 6.07) is 15.5. The van der Waals surface area contributed by atoms with E-state index >= 15 is 0 Å². The molecule has 0 unspecified atom stereocenters. The van der Waals surface area contributed by atoms with Crippen molar-refractivity contribution >= 4 is 56.4 Å². The molecule has 2 heterocycles. The van der Waals surface area contributed by atoms with E-state index in [1.54, 1.807) is 17.4 Å². The highest BCUT2D eigenvalue weighted by atomic mass is 32.1. The molecule has 2 fully saturated rings. The van der Waals surface area contributed by atoms with Gasteiger partial charge in [-0.1, -0.05) is 6.42 Å². The quantitative estimate of drug-likeness (QED) is 0.310. The Morgan fingerprint density at radius 3 is 2.44 bits per heavy atom. The number of anilines is 5. The van der Waals surface area contributed by atoms with Crippen LogP contribution in [0.25, 0.3) is 10.2 Å². The molecule has 0 spiro atoms. The summed E-state index contributed by atoms with van der Waals surface area (Å²) in [7, 11) is 0. The van der Waals surface area contributed by atoms with Crippen molar-refractivity contribution in [2.24, 2.45) is 11.8 Å². The number of thiazole rings is 1. The van der Waals surface area contributed by atoms with Crippen LogP contribution in [0, 0.1) is 11.8 Å². The fourth-order valence-corrected chi connectivity index (χ4v) is 5.92. The standard InChI is InChI=1S/C25H25N7OS/c26-25-31-22(12-23(32-25)29-18-7-8-19-21(11-18)34-13-27-19)28-17-5-3-15(4-6-17)24(33)30-20-10-14-1-2-16(20)9-14/h3-8,11-14,16,20H,1-2,9-10H2,(H,30,33)(H4,26,28,29,31,32)/t14-,16+,20-/m0/s1. The molecule has 5 N–H and O–H groups in total. The number of benzene rings is 2. The van der Waals surface area contributed by atoms with Gasteiger partial charge in [-0.15, -0.1) is 11.3 Å². The molecule has 4 aromatic rings. The second-order valence-electron chi connectivity index (χ2n) is 9.11. The summed E-state index contributed by atoms with van der Waals surface area (Å²) in [5, 5.41) is 9.76. The topological polar surface area (TPSA) is 118 Å². The average Bonchev–Trinajstić information content (AvgIpc) is 3.56. The molecule has 6 rings (SSSR count). The second-order valence-corrected chi connectivity index (χ2v) is 10.00. The number of amides is 1. The maximum Gasteiger partial charge on any atom is 0.251 e. The molecule has 172 valence electrons. The normalized spacial score (nSPS) is 21.0. The molecule has 0 radical (unpaired) electrons. The number of hydrogen-bond donors (Lipinski definition) is 4.